The molecular formula is C36H37F4N3O3S. The maximum absolute atomic E-state index is 14.6. The van der Waals surface area contributed by atoms with E-state index >= 15 is 0 Å². The molecule has 3 aromatic rings. The molecule has 7 saturated carbocycles. The molecule has 7 aliphatic rings. The normalized spacial score (nSPS) is 31.1. The second-order valence-corrected chi connectivity index (χ2v) is 17.0. The van der Waals surface area contributed by atoms with Crippen molar-refractivity contribution in [1.29, 1.82) is 0 Å². The zero-order valence-electron chi connectivity index (χ0n) is 26.0. The van der Waals surface area contributed by atoms with E-state index in [1.54, 1.807) is 12.1 Å². The van der Waals surface area contributed by atoms with Crippen molar-refractivity contribution in [2.24, 2.45) is 10.8 Å². The lowest BCUT2D eigenvalue weighted by molar-refractivity contribution is -0.211. The van der Waals surface area contributed by atoms with Crippen LogP contribution in [-0.4, -0.2) is 36.8 Å². The zero-order valence-corrected chi connectivity index (χ0v) is 26.8. The number of nitrogens with one attached hydrogen (secondary N) is 1. The van der Waals surface area contributed by atoms with Gasteiger partial charge in [-0.2, -0.15) is 13.2 Å². The molecule has 47 heavy (non-hydrogen) atoms. The number of fused-ring (bicyclic) bond motifs is 3. The number of hydrogen-bond acceptors (Lipinski definition) is 4. The first-order valence-corrected chi connectivity index (χ1v) is 18.0. The van der Waals surface area contributed by atoms with E-state index in [2.05, 4.69) is 9.71 Å². The van der Waals surface area contributed by atoms with Gasteiger partial charge in [0.15, 0.2) is 0 Å². The van der Waals surface area contributed by atoms with Crippen LogP contribution in [-0.2, 0) is 26.4 Å². The minimum absolute atomic E-state index is 0.0460. The summed E-state index contributed by atoms with van der Waals surface area (Å²) in [4.78, 5) is 20.5. The molecule has 10 rings (SSSR count). The topological polar surface area (TPSA) is 79.4 Å². The minimum atomic E-state index is -4.42. The van der Waals surface area contributed by atoms with E-state index in [-0.39, 0.29) is 35.8 Å². The molecule has 1 N–H and O–H groups in total. The Hall–Kier alpha value is -3.47. The number of aromatic nitrogens is 1. The van der Waals surface area contributed by atoms with Gasteiger partial charge in [0.05, 0.1) is 16.2 Å². The molecule has 7 aliphatic carbocycles. The van der Waals surface area contributed by atoms with Gasteiger partial charge < -0.3 is 4.90 Å². The molecule has 1 heterocycles. The van der Waals surface area contributed by atoms with E-state index in [1.165, 1.54) is 12.3 Å². The highest BCUT2D eigenvalue weighted by Crippen LogP contribution is 2.70. The Morgan fingerprint density at radius 2 is 1.55 bits per heavy atom. The number of amides is 1. The standard InChI is InChI=1S/C36H37F4N3O3S/c37-35-20-34(21-35,22-35)31(44)43(23-32-11-14-33(15-12-32,16-13-32)30-19-26(10-17-41-30)36(38,39)40)28-3-1-2-25(18-28)24-4-6-27(7-5-24)42-47(45,46)29-8-9-29/h1-7,10,17-19,29,42H,8-9,11-16,20-23H2. The molecule has 1 amide bonds. The number of pyridine rings is 1. The number of alkyl halides is 4. The number of nitrogens with zero attached hydrogens (tertiary/aromatic N) is 2. The lowest BCUT2D eigenvalue weighted by Crippen LogP contribution is -2.71. The number of carbonyl (C=O) groups excluding carboxylic acids is 1. The number of sulfonamides is 1. The maximum atomic E-state index is 14.6. The fourth-order valence-electron chi connectivity index (χ4n) is 8.78. The summed E-state index contributed by atoms with van der Waals surface area (Å²) >= 11 is 0. The molecule has 11 heteroatoms. The molecule has 4 bridgehead atoms. The summed E-state index contributed by atoms with van der Waals surface area (Å²) in [6, 6.07) is 17.1. The summed E-state index contributed by atoms with van der Waals surface area (Å²) < 4.78 is 82.5. The molecule has 0 radical (unpaired) electrons. The number of anilines is 2. The Labute approximate surface area is 272 Å². The minimum Gasteiger partial charge on any atom is -0.311 e. The molecule has 0 unspecified atom stereocenters. The van der Waals surface area contributed by atoms with Gasteiger partial charge >= 0.3 is 6.18 Å². The molecule has 2 aromatic carbocycles. The third kappa shape index (κ3) is 5.33. The number of halogens is 4. The van der Waals surface area contributed by atoms with Crippen LogP contribution >= 0.6 is 0 Å². The van der Waals surface area contributed by atoms with Crippen LogP contribution < -0.4 is 9.62 Å². The van der Waals surface area contributed by atoms with Crippen LogP contribution in [0.4, 0.5) is 28.9 Å². The monoisotopic (exact) mass is 667 g/mol. The van der Waals surface area contributed by atoms with Gasteiger partial charge in [0, 0.05) is 35.2 Å². The van der Waals surface area contributed by atoms with Crippen molar-refractivity contribution in [1.82, 2.24) is 4.98 Å². The van der Waals surface area contributed by atoms with Gasteiger partial charge in [-0.05, 0) is 124 Å². The van der Waals surface area contributed by atoms with Gasteiger partial charge in [-0.3, -0.25) is 14.5 Å². The van der Waals surface area contributed by atoms with E-state index in [0.29, 0.717) is 50.0 Å². The number of benzene rings is 2. The van der Waals surface area contributed by atoms with Crippen LogP contribution in [0.5, 0.6) is 0 Å². The highest BCUT2D eigenvalue weighted by atomic mass is 32.2. The van der Waals surface area contributed by atoms with E-state index < -0.39 is 38.3 Å². The van der Waals surface area contributed by atoms with Gasteiger partial charge in [0.1, 0.15) is 5.67 Å². The molecular weight excluding hydrogens is 630 g/mol. The van der Waals surface area contributed by atoms with Gasteiger partial charge in [-0.1, -0.05) is 24.3 Å². The highest BCUT2D eigenvalue weighted by Gasteiger charge is 2.73. The third-order valence-electron chi connectivity index (χ3n) is 11.8. The van der Waals surface area contributed by atoms with Crippen LogP contribution in [0.25, 0.3) is 11.1 Å². The maximum Gasteiger partial charge on any atom is 0.416 e. The van der Waals surface area contributed by atoms with Crippen LogP contribution in [0.3, 0.4) is 0 Å². The number of rotatable bonds is 9. The third-order valence-corrected chi connectivity index (χ3v) is 13.7. The summed E-state index contributed by atoms with van der Waals surface area (Å²) in [5.41, 5.74) is 0.336. The highest BCUT2D eigenvalue weighted by molar-refractivity contribution is 7.93. The molecule has 0 aliphatic heterocycles. The fraction of sp³-hybridized carbons (Fsp3) is 0.500. The van der Waals surface area contributed by atoms with Crippen molar-refractivity contribution >= 4 is 27.3 Å². The van der Waals surface area contributed by atoms with Crippen molar-refractivity contribution in [3.63, 3.8) is 0 Å². The number of carbonyl (C=O) groups is 1. The Kier molecular flexibility index (Phi) is 6.74. The molecule has 248 valence electrons. The van der Waals surface area contributed by atoms with E-state index in [9.17, 15) is 30.8 Å². The molecule has 7 fully saturated rings. The van der Waals surface area contributed by atoms with Gasteiger partial charge in [0.2, 0.25) is 15.9 Å². The lowest BCUT2D eigenvalue weighted by Gasteiger charge is -2.65. The van der Waals surface area contributed by atoms with Crippen molar-refractivity contribution in [3.8, 4) is 11.1 Å². The summed E-state index contributed by atoms with van der Waals surface area (Å²) in [7, 11) is -3.37. The van der Waals surface area contributed by atoms with Crippen molar-refractivity contribution in [2.45, 2.75) is 93.1 Å². The van der Waals surface area contributed by atoms with Gasteiger partial charge in [0.25, 0.3) is 0 Å². The fourth-order valence-corrected chi connectivity index (χ4v) is 10.2. The van der Waals surface area contributed by atoms with Crippen LogP contribution in [0, 0.1) is 10.8 Å². The van der Waals surface area contributed by atoms with Gasteiger partial charge in [-0.25, -0.2) is 12.8 Å². The first kappa shape index (κ1) is 30.8. The summed E-state index contributed by atoms with van der Waals surface area (Å²) in [5.74, 6) is -0.0460. The Morgan fingerprint density at radius 3 is 2.15 bits per heavy atom. The smallest absolute Gasteiger partial charge is 0.311 e. The average molecular weight is 668 g/mol. The van der Waals surface area contributed by atoms with Crippen LogP contribution in [0.15, 0.2) is 66.9 Å². The second kappa shape index (κ2) is 10.3. The first-order chi connectivity index (χ1) is 22.2. The SMILES string of the molecule is O=C(N(CC12CCC(c3cc(C(F)(F)F)ccn3)(CC1)CC2)c1cccc(-c2ccc(NS(=O)(=O)C3CC3)cc2)c1)C12CC(F)(C1)C2. The lowest BCUT2D eigenvalue weighted by atomic mass is 9.41. The van der Waals surface area contributed by atoms with E-state index in [0.717, 1.165) is 42.1 Å². The summed E-state index contributed by atoms with van der Waals surface area (Å²) in [5, 5.41) is -0.322. The Morgan fingerprint density at radius 1 is 0.894 bits per heavy atom. The van der Waals surface area contributed by atoms with Crippen molar-refractivity contribution in [2.75, 3.05) is 16.2 Å². The molecule has 0 saturated heterocycles. The molecule has 0 atom stereocenters. The number of hydrogen-bond donors (Lipinski definition) is 1. The predicted octanol–water partition coefficient (Wildman–Crippen LogP) is 8.19. The van der Waals surface area contributed by atoms with Crippen molar-refractivity contribution < 1.29 is 30.8 Å². The summed E-state index contributed by atoms with van der Waals surface area (Å²) in [6.45, 7) is 0.476. The summed E-state index contributed by atoms with van der Waals surface area (Å²) in [6.07, 6.45) is 3.39. The molecule has 0 spiro atoms. The van der Waals surface area contributed by atoms with E-state index in [1.807, 2.05) is 41.3 Å². The molecule has 6 nitrogen and oxygen atoms in total. The average Bonchev–Trinajstić information content (AvgIpc) is 3.89. The quantitative estimate of drug-likeness (QED) is 0.234. The Balaban J connectivity index is 1.04. The second-order valence-electron chi connectivity index (χ2n) is 15.0. The Bertz CT molecular complexity index is 1810. The molecule has 1 aromatic heterocycles. The van der Waals surface area contributed by atoms with Crippen LogP contribution in [0.2, 0.25) is 0 Å². The van der Waals surface area contributed by atoms with E-state index in [4.69, 9.17) is 0 Å². The van der Waals surface area contributed by atoms with Crippen LogP contribution in [0.1, 0.15) is 81.9 Å². The zero-order chi connectivity index (χ0) is 32.9. The van der Waals surface area contributed by atoms with Crippen molar-refractivity contribution in [3.05, 3.63) is 78.1 Å². The predicted molar refractivity (Wildman–Crippen MR) is 171 cm³/mol. The first-order valence-electron chi connectivity index (χ1n) is 16.5. The van der Waals surface area contributed by atoms with Gasteiger partial charge in [-0.15, -0.1) is 0 Å². The largest absolute Gasteiger partial charge is 0.416 e.